The highest BCUT2D eigenvalue weighted by molar-refractivity contribution is 7.15. The number of benzene rings is 1. The Morgan fingerprint density at radius 1 is 1.39 bits per heavy atom. The molecule has 0 aliphatic heterocycles. The van der Waals surface area contributed by atoms with Crippen molar-refractivity contribution < 1.29 is 4.74 Å². The van der Waals surface area contributed by atoms with Crippen LogP contribution in [0.1, 0.15) is 23.2 Å². The van der Waals surface area contributed by atoms with Gasteiger partial charge in [-0.15, -0.1) is 11.3 Å². The number of thiazole rings is 1. The third-order valence-corrected chi connectivity index (χ3v) is 4.17. The summed E-state index contributed by atoms with van der Waals surface area (Å²) in [5.41, 5.74) is 9.10. The number of hydrogen-bond donors (Lipinski definition) is 1. The Kier molecular flexibility index (Phi) is 3.99. The molecule has 0 radical (unpaired) electrons. The minimum atomic E-state index is 0.502. The molecular formula is C14H18N2OS. The van der Waals surface area contributed by atoms with Crippen molar-refractivity contribution in [3.05, 3.63) is 34.5 Å². The number of aromatic nitrogens is 1. The van der Waals surface area contributed by atoms with Crippen molar-refractivity contribution in [3.63, 3.8) is 0 Å². The van der Waals surface area contributed by atoms with Crippen LogP contribution in [0.2, 0.25) is 0 Å². The zero-order chi connectivity index (χ0) is 13.1. The van der Waals surface area contributed by atoms with Gasteiger partial charge in [-0.2, -0.15) is 0 Å². The summed E-state index contributed by atoms with van der Waals surface area (Å²) in [6.45, 7) is 4.66. The third kappa shape index (κ3) is 2.40. The van der Waals surface area contributed by atoms with E-state index in [1.54, 1.807) is 18.4 Å². The predicted molar refractivity (Wildman–Crippen MR) is 76.1 cm³/mol. The molecule has 0 spiro atoms. The Morgan fingerprint density at radius 2 is 2.17 bits per heavy atom. The summed E-state index contributed by atoms with van der Waals surface area (Å²) >= 11 is 1.67. The Hall–Kier alpha value is -1.39. The van der Waals surface area contributed by atoms with E-state index in [2.05, 4.69) is 24.0 Å². The molecule has 18 heavy (non-hydrogen) atoms. The van der Waals surface area contributed by atoms with Crippen LogP contribution in [-0.4, -0.2) is 12.1 Å². The normalized spacial score (nSPS) is 10.7. The summed E-state index contributed by atoms with van der Waals surface area (Å²) in [5, 5.41) is 0.983. The lowest BCUT2D eigenvalue weighted by atomic mass is 10.1. The first-order valence-corrected chi connectivity index (χ1v) is 6.84. The SMILES string of the molecule is CCc1cc(-c2sc(CN)nc2C)ccc1OC. The van der Waals surface area contributed by atoms with E-state index >= 15 is 0 Å². The van der Waals surface area contributed by atoms with Gasteiger partial charge in [-0.1, -0.05) is 6.92 Å². The number of rotatable bonds is 4. The summed E-state index contributed by atoms with van der Waals surface area (Å²) in [5.74, 6) is 0.947. The molecule has 2 rings (SSSR count). The molecule has 0 saturated carbocycles. The number of hydrogen-bond acceptors (Lipinski definition) is 4. The van der Waals surface area contributed by atoms with Gasteiger partial charge in [0.05, 0.1) is 17.7 Å². The Balaban J connectivity index is 2.47. The quantitative estimate of drug-likeness (QED) is 0.920. The second-order valence-corrected chi connectivity index (χ2v) is 5.19. The van der Waals surface area contributed by atoms with Crippen LogP contribution < -0.4 is 10.5 Å². The highest BCUT2D eigenvalue weighted by atomic mass is 32.1. The van der Waals surface area contributed by atoms with Gasteiger partial charge in [0.1, 0.15) is 10.8 Å². The number of nitrogens with two attached hydrogens (primary N) is 1. The highest BCUT2D eigenvalue weighted by Crippen LogP contribution is 2.33. The van der Waals surface area contributed by atoms with Crippen LogP contribution in [0.4, 0.5) is 0 Å². The maximum atomic E-state index is 5.64. The van der Waals surface area contributed by atoms with Gasteiger partial charge < -0.3 is 10.5 Å². The van der Waals surface area contributed by atoms with Gasteiger partial charge in [-0.05, 0) is 42.7 Å². The molecule has 0 atom stereocenters. The van der Waals surface area contributed by atoms with Crippen LogP contribution in [0.3, 0.4) is 0 Å². The zero-order valence-electron chi connectivity index (χ0n) is 11.0. The highest BCUT2D eigenvalue weighted by Gasteiger charge is 2.11. The van der Waals surface area contributed by atoms with Crippen molar-refractivity contribution in [2.45, 2.75) is 26.8 Å². The summed E-state index contributed by atoms with van der Waals surface area (Å²) in [4.78, 5) is 5.67. The molecule has 0 aliphatic rings. The van der Waals surface area contributed by atoms with Crippen molar-refractivity contribution >= 4 is 11.3 Å². The molecular weight excluding hydrogens is 244 g/mol. The van der Waals surface area contributed by atoms with Crippen LogP contribution in [0.5, 0.6) is 5.75 Å². The van der Waals surface area contributed by atoms with E-state index in [4.69, 9.17) is 10.5 Å². The van der Waals surface area contributed by atoms with Gasteiger partial charge >= 0.3 is 0 Å². The molecule has 0 unspecified atom stereocenters. The third-order valence-electron chi connectivity index (χ3n) is 2.94. The summed E-state index contributed by atoms with van der Waals surface area (Å²) < 4.78 is 5.35. The lowest BCUT2D eigenvalue weighted by Crippen LogP contribution is -1.94. The monoisotopic (exact) mass is 262 g/mol. The standard InChI is InChI=1S/C14H18N2OS/c1-4-10-7-11(5-6-12(10)17-3)14-9(2)16-13(8-15)18-14/h5-7H,4,8,15H2,1-3H3. The Labute approximate surface area is 112 Å². The van der Waals surface area contributed by atoms with E-state index in [0.717, 1.165) is 22.9 Å². The number of aryl methyl sites for hydroxylation is 2. The van der Waals surface area contributed by atoms with Crippen LogP contribution >= 0.6 is 11.3 Å². The Morgan fingerprint density at radius 3 is 2.72 bits per heavy atom. The number of ether oxygens (including phenoxy) is 1. The van der Waals surface area contributed by atoms with E-state index in [-0.39, 0.29) is 0 Å². The van der Waals surface area contributed by atoms with Crippen molar-refractivity contribution in [2.24, 2.45) is 5.73 Å². The van der Waals surface area contributed by atoms with Crippen LogP contribution in [0.15, 0.2) is 18.2 Å². The Bertz CT molecular complexity index is 549. The molecule has 1 aromatic heterocycles. The van der Waals surface area contributed by atoms with E-state index in [1.165, 1.54) is 16.0 Å². The van der Waals surface area contributed by atoms with Crippen LogP contribution in [0, 0.1) is 6.92 Å². The topological polar surface area (TPSA) is 48.1 Å². The van der Waals surface area contributed by atoms with Crippen molar-refractivity contribution in [2.75, 3.05) is 7.11 Å². The second-order valence-electron chi connectivity index (χ2n) is 4.11. The molecule has 2 N–H and O–H groups in total. The molecule has 1 aromatic carbocycles. The van der Waals surface area contributed by atoms with Gasteiger partial charge in [0.15, 0.2) is 0 Å². The second kappa shape index (κ2) is 5.50. The van der Waals surface area contributed by atoms with Crippen molar-refractivity contribution in [3.8, 4) is 16.2 Å². The summed E-state index contributed by atoms with van der Waals surface area (Å²) in [7, 11) is 1.71. The molecule has 4 heteroatoms. The van der Waals surface area contributed by atoms with Crippen molar-refractivity contribution in [1.29, 1.82) is 0 Å². The molecule has 96 valence electrons. The fraction of sp³-hybridized carbons (Fsp3) is 0.357. The van der Waals surface area contributed by atoms with Gasteiger partial charge in [0, 0.05) is 6.54 Å². The van der Waals surface area contributed by atoms with Gasteiger partial charge in [0.2, 0.25) is 0 Å². The minimum Gasteiger partial charge on any atom is -0.496 e. The molecule has 2 aromatic rings. The average Bonchev–Trinajstić information content (AvgIpc) is 2.79. The van der Waals surface area contributed by atoms with Crippen molar-refractivity contribution in [1.82, 2.24) is 4.98 Å². The fourth-order valence-corrected chi connectivity index (χ4v) is 2.94. The molecule has 1 heterocycles. The molecule has 3 nitrogen and oxygen atoms in total. The molecule has 0 fully saturated rings. The molecule has 0 amide bonds. The summed E-state index contributed by atoms with van der Waals surface area (Å²) in [6, 6.07) is 6.29. The maximum Gasteiger partial charge on any atom is 0.122 e. The first-order chi connectivity index (χ1) is 8.69. The lowest BCUT2D eigenvalue weighted by Gasteiger charge is -2.08. The van der Waals surface area contributed by atoms with Gasteiger partial charge in [0.25, 0.3) is 0 Å². The zero-order valence-corrected chi connectivity index (χ0v) is 11.8. The minimum absolute atomic E-state index is 0.502. The average molecular weight is 262 g/mol. The number of methoxy groups -OCH3 is 1. The van der Waals surface area contributed by atoms with E-state index in [0.29, 0.717) is 6.54 Å². The van der Waals surface area contributed by atoms with Gasteiger partial charge in [-0.25, -0.2) is 4.98 Å². The van der Waals surface area contributed by atoms with E-state index < -0.39 is 0 Å². The molecule has 0 saturated heterocycles. The first-order valence-electron chi connectivity index (χ1n) is 6.03. The smallest absolute Gasteiger partial charge is 0.122 e. The molecule has 0 aliphatic carbocycles. The van der Waals surface area contributed by atoms with Crippen LogP contribution in [0.25, 0.3) is 10.4 Å². The maximum absolute atomic E-state index is 5.64. The predicted octanol–water partition coefficient (Wildman–Crippen LogP) is 3.15. The molecule has 0 bridgehead atoms. The fourth-order valence-electron chi connectivity index (χ4n) is 2.00. The van der Waals surface area contributed by atoms with Crippen LogP contribution in [-0.2, 0) is 13.0 Å². The first kappa shape index (κ1) is 13.1. The van der Waals surface area contributed by atoms with E-state index in [1.807, 2.05) is 13.0 Å². The number of nitrogens with zero attached hydrogens (tertiary/aromatic N) is 1. The van der Waals surface area contributed by atoms with E-state index in [9.17, 15) is 0 Å². The largest absolute Gasteiger partial charge is 0.496 e. The van der Waals surface area contributed by atoms with Gasteiger partial charge in [-0.3, -0.25) is 0 Å². The lowest BCUT2D eigenvalue weighted by molar-refractivity contribution is 0.410. The summed E-state index contributed by atoms with van der Waals surface area (Å²) in [6.07, 6.45) is 0.957.